The van der Waals surface area contributed by atoms with Crippen LogP contribution in [0.15, 0.2) is 60.7 Å². The molecule has 98 valence electrons. The van der Waals surface area contributed by atoms with Gasteiger partial charge in [0.15, 0.2) is 0 Å². The van der Waals surface area contributed by atoms with E-state index in [9.17, 15) is 4.79 Å². The van der Waals surface area contributed by atoms with E-state index in [1.165, 1.54) is 0 Å². The fourth-order valence-corrected chi connectivity index (χ4v) is 2.41. The van der Waals surface area contributed by atoms with Crippen molar-refractivity contribution in [2.24, 2.45) is 0 Å². The van der Waals surface area contributed by atoms with E-state index in [1.807, 2.05) is 48.5 Å². The van der Waals surface area contributed by atoms with Crippen LogP contribution in [0.3, 0.4) is 0 Å². The molecular formula is C18H20O. The Kier molecular flexibility index (Phi) is 4.91. The number of hydrogen-bond donors (Lipinski definition) is 0. The highest BCUT2D eigenvalue weighted by Crippen LogP contribution is 2.23. The number of carbonyl (C=O) groups excluding carboxylic acids is 1. The Morgan fingerprint density at radius 1 is 0.947 bits per heavy atom. The molecule has 1 heteroatoms. The molecule has 0 bridgehead atoms. The second-order valence-corrected chi connectivity index (χ2v) is 4.88. The molecule has 0 aliphatic heterocycles. The van der Waals surface area contributed by atoms with Crippen molar-refractivity contribution in [1.82, 2.24) is 0 Å². The zero-order valence-electron chi connectivity index (χ0n) is 11.4. The van der Waals surface area contributed by atoms with Crippen LogP contribution in [0.1, 0.15) is 36.8 Å². The molecule has 0 radical (unpaired) electrons. The Morgan fingerprint density at radius 2 is 1.53 bits per heavy atom. The minimum absolute atomic E-state index is 0.0337. The lowest BCUT2D eigenvalue weighted by atomic mass is 9.88. The molecule has 0 heterocycles. The fourth-order valence-electron chi connectivity index (χ4n) is 2.41. The number of Topliss-reactive ketones (excluding diaryl/α,β-unsaturated/α-hetero) is 1. The summed E-state index contributed by atoms with van der Waals surface area (Å²) in [5.74, 6) is 0.352. The molecule has 0 aliphatic carbocycles. The van der Waals surface area contributed by atoms with Crippen LogP contribution in [0, 0.1) is 0 Å². The minimum Gasteiger partial charge on any atom is -0.299 e. The summed E-state index contributed by atoms with van der Waals surface area (Å²) in [6.07, 6.45) is 2.48. The zero-order valence-corrected chi connectivity index (χ0v) is 11.4. The average Bonchev–Trinajstić information content (AvgIpc) is 2.46. The smallest absolute Gasteiger partial charge is 0.144 e. The normalized spacial score (nSPS) is 12.1. The van der Waals surface area contributed by atoms with Gasteiger partial charge in [-0.2, -0.15) is 0 Å². The lowest BCUT2D eigenvalue weighted by Gasteiger charge is -2.15. The van der Waals surface area contributed by atoms with Gasteiger partial charge in [0, 0.05) is 12.3 Å². The van der Waals surface area contributed by atoms with Crippen molar-refractivity contribution in [3.05, 3.63) is 71.8 Å². The van der Waals surface area contributed by atoms with Crippen molar-refractivity contribution in [3.63, 3.8) is 0 Å². The summed E-state index contributed by atoms with van der Waals surface area (Å²) in [5, 5.41) is 0. The Labute approximate surface area is 115 Å². The summed E-state index contributed by atoms with van der Waals surface area (Å²) < 4.78 is 0. The molecule has 2 aromatic rings. The molecule has 2 rings (SSSR count). The van der Waals surface area contributed by atoms with E-state index in [0.717, 1.165) is 24.0 Å². The largest absolute Gasteiger partial charge is 0.299 e. The second kappa shape index (κ2) is 6.89. The van der Waals surface area contributed by atoms with Gasteiger partial charge in [-0.05, 0) is 17.5 Å². The first kappa shape index (κ1) is 13.5. The average molecular weight is 252 g/mol. The Balaban J connectivity index is 2.13. The van der Waals surface area contributed by atoms with Crippen molar-refractivity contribution in [1.29, 1.82) is 0 Å². The highest BCUT2D eigenvalue weighted by molar-refractivity contribution is 5.87. The monoisotopic (exact) mass is 252 g/mol. The fraction of sp³-hybridized carbons (Fsp3) is 0.278. The van der Waals surface area contributed by atoms with Crippen molar-refractivity contribution in [2.75, 3.05) is 0 Å². The van der Waals surface area contributed by atoms with Gasteiger partial charge in [0.1, 0.15) is 5.78 Å². The molecule has 1 atom stereocenters. The minimum atomic E-state index is 0.0337. The molecule has 0 saturated carbocycles. The van der Waals surface area contributed by atoms with Crippen LogP contribution in [0.25, 0.3) is 0 Å². The van der Waals surface area contributed by atoms with Gasteiger partial charge in [0.2, 0.25) is 0 Å². The van der Waals surface area contributed by atoms with Gasteiger partial charge < -0.3 is 0 Å². The Hall–Kier alpha value is -1.89. The topological polar surface area (TPSA) is 17.1 Å². The first-order chi connectivity index (χ1) is 9.31. The predicted octanol–water partition coefficient (Wildman–Crippen LogP) is 4.38. The van der Waals surface area contributed by atoms with Crippen LogP contribution < -0.4 is 0 Å². The molecular weight excluding hydrogens is 232 g/mol. The quantitative estimate of drug-likeness (QED) is 0.745. The van der Waals surface area contributed by atoms with Crippen LogP contribution in [0.5, 0.6) is 0 Å². The third-order valence-electron chi connectivity index (χ3n) is 3.39. The first-order valence-corrected chi connectivity index (χ1v) is 6.93. The second-order valence-electron chi connectivity index (χ2n) is 4.88. The van der Waals surface area contributed by atoms with E-state index >= 15 is 0 Å². The number of carbonyl (C=O) groups is 1. The Morgan fingerprint density at radius 3 is 2.11 bits per heavy atom. The molecule has 0 aliphatic rings. The van der Waals surface area contributed by atoms with Crippen molar-refractivity contribution >= 4 is 5.78 Å². The molecule has 0 fully saturated rings. The van der Waals surface area contributed by atoms with Gasteiger partial charge in [-0.25, -0.2) is 0 Å². The Bertz CT molecular complexity index is 502. The number of hydrogen-bond acceptors (Lipinski definition) is 1. The molecule has 0 N–H and O–H groups in total. The van der Waals surface area contributed by atoms with Gasteiger partial charge in [-0.3, -0.25) is 4.79 Å². The maximum atomic E-state index is 12.5. The number of benzene rings is 2. The van der Waals surface area contributed by atoms with E-state index in [1.54, 1.807) is 0 Å². The predicted molar refractivity (Wildman–Crippen MR) is 79.2 cm³/mol. The van der Waals surface area contributed by atoms with Gasteiger partial charge >= 0.3 is 0 Å². The third-order valence-corrected chi connectivity index (χ3v) is 3.39. The van der Waals surface area contributed by atoms with Gasteiger partial charge in [-0.15, -0.1) is 0 Å². The highest BCUT2D eigenvalue weighted by Gasteiger charge is 2.19. The molecule has 0 saturated heterocycles. The standard InChI is InChI=1S/C18H20O/c1-2-9-17(16-12-7-4-8-13-16)18(19)14-15-10-5-3-6-11-15/h3-8,10-13,17H,2,9,14H2,1H3. The van der Waals surface area contributed by atoms with Gasteiger partial charge in [0.05, 0.1) is 0 Å². The van der Waals surface area contributed by atoms with Crippen LogP contribution in [-0.4, -0.2) is 5.78 Å². The summed E-state index contributed by atoms with van der Waals surface area (Å²) >= 11 is 0. The lowest BCUT2D eigenvalue weighted by Crippen LogP contribution is -2.15. The summed E-state index contributed by atoms with van der Waals surface area (Å²) in [7, 11) is 0. The van der Waals surface area contributed by atoms with E-state index in [-0.39, 0.29) is 5.92 Å². The summed E-state index contributed by atoms with van der Waals surface area (Å²) in [5.41, 5.74) is 2.25. The lowest BCUT2D eigenvalue weighted by molar-refractivity contribution is -0.120. The van der Waals surface area contributed by atoms with E-state index in [0.29, 0.717) is 12.2 Å². The third kappa shape index (κ3) is 3.78. The molecule has 0 aromatic heterocycles. The summed E-state index contributed by atoms with van der Waals surface area (Å²) in [4.78, 5) is 12.5. The molecule has 0 spiro atoms. The van der Waals surface area contributed by atoms with Crippen LogP contribution in [-0.2, 0) is 11.2 Å². The van der Waals surface area contributed by atoms with Crippen LogP contribution in [0.4, 0.5) is 0 Å². The van der Waals surface area contributed by atoms with Crippen molar-refractivity contribution < 1.29 is 4.79 Å². The zero-order chi connectivity index (χ0) is 13.5. The van der Waals surface area contributed by atoms with E-state index in [4.69, 9.17) is 0 Å². The number of rotatable bonds is 6. The van der Waals surface area contributed by atoms with Gasteiger partial charge in [-0.1, -0.05) is 74.0 Å². The summed E-state index contributed by atoms with van der Waals surface area (Å²) in [6, 6.07) is 20.1. The maximum Gasteiger partial charge on any atom is 0.144 e. The van der Waals surface area contributed by atoms with Crippen LogP contribution in [0.2, 0.25) is 0 Å². The first-order valence-electron chi connectivity index (χ1n) is 6.93. The van der Waals surface area contributed by atoms with Gasteiger partial charge in [0.25, 0.3) is 0 Å². The van der Waals surface area contributed by atoms with E-state index < -0.39 is 0 Å². The molecule has 19 heavy (non-hydrogen) atoms. The van der Waals surface area contributed by atoms with Crippen LogP contribution >= 0.6 is 0 Å². The maximum absolute atomic E-state index is 12.5. The van der Waals surface area contributed by atoms with Crippen molar-refractivity contribution in [3.8, 4) is 0 Å². The molecule has 0 amide bonds. The number of ketones is 1. The highest BCUT2D eigenvalue weighted by atomic mass is 16.1. The van der Waals surface area contributed by atoms with Crippen molar-refractivity contribution in [2.45, 2.75) is 32.1 Å². The molecule has 1 nitrogen and oxygen atoms in total. The van der Waals surface area contributed by atoms with E-state index in [2.05, 4.69) is 19.1 Å². The SMILES string of the molecule is CCCC(C(=O)Cc1ccccc1)c1ccccc1. The molecule has 2 aromatic carbocycles. The molecule has 1 unspecified atom stereocenters. The summed E-state index contributed by atoms with van der Waals surface area (Å²) in [6.45, 7) is 2.13.